The summed E-state index contributed by atoms with van der Waals surface area (Å²) in [5.74, 6) is 0.0947. The summed E-state index contributed by atoms with van der Waals surface area (Å²) in [7, 11) is -1.49. The van der Waals surface area contributed by atoms with E-state index in [1.54, 1.807) is 10.9 Å². The molecule has 0 bridgehead atoms. The van der Waals surface area contributed by atoms with Crippen molar-refractivity contribution in [1.82, 2.24) is 14.2 Å². The second kappa shape index (κ2) is 4.99. The van der Waals surface area contributed by atoms with Gasteiger partial charge >= 0.3 is 0 Å². The minimum atomic E-state index is -3.35. The monoisotopic (exact) mass is 327 g/mol. The molecule has 2 aromatic heterocycles. The van der Waals surface area contributed by atoms with Crippen LogP contribution in [0.15, 0.2) is 11.1 Å². The Hall–Kier alpha value is -1.61. The third-order valence-electron chi connectivity index (χ3n) is 3.70. The van der Waals surface area contributed by atoms with Gasteiger partial charge in [0.1, 0.15) is 9.90 Å². The molecule has 0 aliphatic heterocycles. The SMILES string of the molecule is Cc1c(CNc2snc(N)c2S(=O)(=O)C2CC2)cnn1C. The first-order chi connectivity index (χ1) is 9.91. The predicted octanol–water partition coefficient (Wildman–Crippen LogP) is 1.32. The lowest BCUT2D eigenvalue weighted by Gasteiger charge is -2.07. The topological polar surface area (TPSA) is 103 Å². The molecule has 1 aliphatic rings. The highest BCUT2D eigenvalue weighted by Gasteiger charge is 2.40. The van der Waals surface area contributed by atoms with Crippen LogP contribution in [-0.4, -0.2) is 27.8 Å². The fraction of sp³-hybridized carbons (Fsp3) is 0.500. The molecule has 2 heterocycles. The van der Waals surface area contributed by atoms with Crippen LogP contribution >= 0.6 is 11.5 Å². The fourth-order valence-corrected chi connectivity index (χ4v) is 5.00. The molecule has 3 N–H and O–H groups in total. The molecular weight excluding hydrogens is 310 g/mol. The molecule has 114 valence electrons. The first-order valence-electron chi connectivity index (χ1n) is 6.61. The van der Waals surface area contributed by atoms with Gasteiger partial charge in [0.15, 0.2) is 15.7 Å². The highest BCUT2D eigenvalue weighted by atomic mass is 32.2. The van der Waals surface area contributed by atoms with E-state index in [0.29, 0.717) is 24.4 Å². The van der Waals surface area contributed by atoms with E-state index >= 15 is 0 Å². The third-order valence-corrected chi connectivity index (χ3v) is 6.98. The molecule has 3 rings (SSSR count). The van der Waals surface area contributed by atoms with E-state index in [4.69, 9.17) is 5.73 Å². The number of nitrogen functional groups attached to an aromatic ring is 1. The lowest BCUT2D eigenvalue weighted by Crippen LogP contribution is -2.11. The Morgan fingerprint density at radius 1 is 1.52 bits per heavy atom. The van der Waals surface area contributed by atoms with Gasteiger partial charge in [-0.3, -0.25) is 4.68 Å². The second-order valence-electron chi connectivity index (χ2n) is 5.20. The van der Waals surface area contributed by atoms with Crippen molar-refractivity contribution in [2.75, 3.05) is 11.1 Å². The molecular formula is C12H17N5O2S2. The van der Waals surface area contributed by atoms with Gasteiger partial charge < -0.3 is 11.1 Å². The lowest BCUT2D eigenvalue weighted by atomic mass is 10.2. The van der Waals surface area contributed by atoms with Crippen LogP contribution in [0.5, 0.6) is 0 Å². The summed E-state index contributed by atoms with van der Waals surface area (Å²) in [6, 6.07) is 0. The van der Waals surface area contributed by atoms with E-state index in [-0.39, 0.29) is 16.0 Å². The van der Waals surface area contributed by atoms with Crippen molar-refractivity contribution in [2.24, 2.45) is 7.05 Å². The fourth-order valence-electron chi connectivity index (χ4n) is 2.12. The maximum Gasteiger partial charge on any atom is 0.187 e. The van der Waals surface area contributed by atoms with Crippen LogP contribution in [0.25, 0.3) is 0 Å². The van der Waals surface area contributed by atoms with Gasteiger partial charge in [-0.15, -0.1) is 0 Å². The minimum absolute atomic E-state index is 0.0947. The largest absolute Gasteiger partial charge is 0.382 e. The normalized spacial score (nSPS) is 15.3. The van der Waals surface area contributed by atoms with E-state index in [9.17, 15) is 8.42 Å². The molecule has 2 aromatic rings. The van der Waals surface area contributed by atoms with Crippen LogP contribution in [0, 0.1) is 6.92 Å². The zero-order valence-corrected chi connectivity index (χ0v) is 13.5. The van der Waals surface area contributed by atoms with E-state index in [2.05, 4.69) is 14.8 Å². The number of nitrogens with zero attached hydrogens (tertiary/aromatic N) is 3. The molecule has 0 atom stereocenters. The zero-order chi connectivity index (χ0) is 15.2. The smallest absolute Gasteiger partial charge is 0.187 e. The van der Waals surface area contributed by atoms with E-state index in [0.717, 1.165) is 22.8 Å². The number of aromatic nitrogens is 3. The van der Waals surface area contributed by atoms with E-state index in [1.807, 2.05) is 14.0 Å². The molecule has 0 radical (unpaired) electrons. The number of sulfone groups is 1. The second-order valence-corrected chi connectivity index (χ2v) is 8.14. The average molecular weight is 327 g/mol. The molecule has 21 heavy (non-hydrogen) atoms. The van der Waals surface area contributed by atoms with Crippen LogP contribution in [-0.2, 0) is 23.4 Å². The Kier molecular flexibility index (Phi) is 3.40. The van der Waals surface area contributed by atoms with Crippen molar-refractivity contribution < 1.29 is 8.42 Å². The highest BCUT2D eigenvalue weighted by Crippen LogP contribution is 2.41. The molecule has 1 saturated carbocycles. The van der Waals surface area contributed by atoms with Crippen molar-refractivity contribution in [2.45, 2.75) is 36.5 Å². The number of rotatable bonds is 5. The molecule has 0 unspecified atom stereocenters. The van der Waals surface area contributed by atoms with Crippen LogP contribution in [0.1, 0.15) is 24.1 Å². The summed E-state index contributed by atoms with van der Waals surface area (Å²) < 4.78 is 30.6. The maximum absolute atomic E-state index is 12.4. The highest BCUT2D eigenvalue weighted by molar-refractivity contribution is 7.92. The molecule has 0 amide bonds. The summed E-state index contributed by atoms with van der Waals surface area (Å²) in [6.07, 6.45) is 3.18. The van der Waals surface area contributed by atoms with Gasteiger partial charge in [0.25, 0.3) is 0 Å². The van der Waals surface area contributed by atoms with Crippen LogP contribution in [0.4, 0.5) is 10.8 Å². The number of nitrogens with one attached hydrogen (secondary N) is 1. The third kappa shape index (κ3) is 2.51. The molecule has 9 heteroatoms. The molecule has 0 spiro atoms. The van der Waals surface area contributed by atoms with Crippen molar-refractivity contribution >= 4 is 32.2 Å². The number of nitrogens with two attached hydrogens (primary N) is 1. The average Bonchev–Trinajstić information content (AvgIpc) is 3.16. The molecule has 0 aromatic carbocycles. The van der Waals surface area contributed by atoms with Crippen LogP contribution < -0.4 is 11.1 Å². The van der Waals surface area contributed by atoms with Gasteiger partial charge in [-0.05, 0) is 31.3 Å². The van der Waals surface area contributed by atoms with Gasteiger partial charge in [0.05, 0.1) is 11.4 Å². The van der Waals surface area contributed by atoms with Crippen molar-refractivity contribution in [3.63, 3.8) is 0 Å². The van der Waals surface area contributed by atoms with Gasteiger partial charge in [0, 0.05) is 24.8 Å². The molecule has 7 nitrogen and oxygen atoms in total. The summed E-state index contributed by atoms with van der Waals surface area (Å²) in [4.78, 5) is 0.163. The molecule has 1 aliphatic carbocycles. The van der Waals surface area contributed by atoms with Crippen LogP contribution in [0.2, 0.25) is 0 Å². The first-order valence-corrected chi connectivity index (χ1v) is 8.93. The van der Waals surface area contributed by atoms with Crippen molar-refractivity contribution in [3.8, 4) is 0 Å². The van der Waals surface area contributed by atoms with Crippen molar-refractivity contribution in [3.05, 3.63) is 17.5 Å². The Bertz CT molecular complexity index is 774. The van der Waals surface area contributed by atoms with Gasteiger partial charge in [-0.25, -0.2) is 8.42 Å². The Morgan fingerprint density at radius 2 is 2.24 bits per heavy atom. The van der Waals surface area contributed by atoms with E-state index < -0.39 is 9.84 Å². The van der Waals surface area contributed by atoms with Gasteiger partial charge in [0.2, 0.25) is 0 Å². The Morgan fingerprint density at radius 3 is 2.81 bits per heavy atom. The summed E-state index contributed by atoms with van der Waals surface area (Å²) in [5.41, 5.74) is 7.81. The summed E-state index contributed by atoms with van der Waals surface area (Å²) in [6.45, 7) is 2.46. The number of aryl methyl sites for hydroxylation is 1. The van der Waals surface area contributed by atoms with E-state index in [1.165, 1.54) is 0 Å². The summed E-state index contributed by atoms with van der Waals surface area (Å²) >= 11 is 1.09. The van der Waals surface area contributed by atoms with Crippen LogP contribution in [0.3, 0.4) is 0 Å². The van der Waals surface area contributed by atoms with Gasteiger partial charge in [-0.2, -0.15) is 9.47 Å². The molecule has 0 saturated heterocycles. The first kappa shape index (κ1) is 14.3. The van der Waals surface area contributed by atoms with Gasteiger partial charge in [-0.1, -0.05) is 0 Å². The summed E-state index contributed by atoms with van der Waals surface area (Å²) in [5, 5.41) is 7.52. The Balaban J connectivity index is 1.85. The zero-order valence-electron chi connectivity index (χ0n) is 11.8. The lowest BCUT2D eigenvalue weighted by molar-refractivity contribution is 0.595. The number of hydrogen-bond donors (Lipinski definition) is 2. The molecule has 1 fully saturated rings. The Labute approximate surface area is 127 Å². The minimum Gasteiger partial charge on any atom is -0.382 e. The standard InChI is InChI=1S/C12H17N5O2S2/c1-7-8(6-15-17(7)2)5-14-12-10(11(13)16-20-12)21(18,19)9-3-4-9/h6,9,14H,3-5H2,1-2H3,(H2,13,16). The number of hydrogen-bond acceptors (Lipinski definition) is 7. The number of anilines is 2. The maximum atomic E-state index is 12.4. The predicted molar refractivity (Wildman–Crippen MR) is 82.0 cm³/mol. The van der Waals surface area contributed by atoms with Crippen molar-refractivity contribution in [1.29, 1.82) is 0 Å². The quantitative estimate of drug-likeness (QED) is 0.858.